The Bertz CT molecular complexity index is 932. The first-order valence-electron chi connectivity index (χ1n) is 6.62. The van der Waals surface area contributed by atoms with E-state index in [0.717, 1.165) is 12.1 Å². The van der Waals surface area contributed by atoms with Crippen LogP contribution >= 0.6 is 0 Å². The highest BCUT2D eigenvalue weighted by Gasteiger charge is 2.30. The van der Waals surface area contributed by atoms with E-state index in [4.69, 9.17) is 10.2 Å². The minimum absolute atomic E-state index is 0.186. The predicted octanol–water partition coefficient (Wildman–Crippen LogP) is 4.14. The first-order valence-corrected chi connectivity index (χ1v) is 6.62. The number of alkyl halides is 3. The van der Waals surface area contributed by atoms with Crippen molar-refractivity contribution in [2.75, 3.05) is 11.1 Å². The van der Waals surface area contributed by atoms with Gasteiger partial charge in [0.05, 0.1) is 10.9 Å². The summed E-state index contributed by atoms with van der Waals surface area (Å²) in [6, 6.07) is 11.2. The quantitative estimate of drug-likeness (QED) is 0.745. The molecule has 0 unspecified atom stereocenters. The summed E-state index contributed by atoms with van der Waals surface area (Å²) in [7, 11) is 0. The summed E-state index contributed by atoms with van der Waals surface area (Å²) in [6.45, 7) is 0. The van der Waals surface area contributed by atoms with E-state index in [2.05, 4.69) is 5.32 Å². The number of anilines is 3. The summed E-state index contributed by atoms with van der Waals surface area (Å²) in [5, 5.41) is 3.56. The summed E-state index contributed by atoms with van der Waals surface area (Å²) in [4.78, 5) is 11.8. The lowest BCUT2D eigenvalue weighted by atomic mass is 10.1. The van der Waals surface area contributed by atoms with Crippen molar-refractivity contribution >= 4 is 28.0 Å². The van der Waals surface area contributed by atoms with Gasteiger partial charge in [-0.1, -0.05) is 24.3 Å². The van der Waals surface area contributed by atoms with Crippen molar-refractivity contribution in [1.82, 2.24) is 0 Å². The van der Waals surface area contributed by atoms with Gasteiger partial charge >= 0.3 is 11.8 Å². The molecule has 0 saturated heterocycles. The van der Waals surface area contributed by atoms with Gasteiger partial charge in [0.15, 0.2) is 0 Å². The lowest BCUT2D eigenvalue weighted by Gasteiger charge is -2.13. The van der Waals surface area contributed by atoms with Crippen LogP contribution in [0.25, 0.3) is 10.8 Å². The van der Waals surface area contributed by atoms with Gasteiger partial charge in [0.25, 0.3) is 0 Å². The van der Waals surface area contributed by atoms with E-state index in [1.807, 2.05) is 0 Å². The number of hydrogen-bond acceptors (Lipinski definition) is 4. The Morgan fingerprint density at radius 2 is 1.70 bits per heavy atom. The molecule has 0 saturated carbocycles. The van der Waals surface area contributed by atoms with Gasteiger partial charge in [-0.25, -0.2) is 4.79 Å². The molecule has 0 aliphatic rings. The van der Waals surface area contributed by atoms with Crippen LogP contribution in [0.2, 0.25) is 0 Å². The van der Waals surface area contributed by atoms with Gasteiger partial charge in [0.2, 0.25) is 5.88 Å². The van der Waals surface area contributed by atoms with Crippen LogP contribution in [0.1, 0.15) is 5.56 Å². The number of nitrogen functional groups attached to an aromatic ring is 1. The van der Waals surface area contributed by atoms with Crippen molar-refractivity contribution in [3.63, 3.8) is 0 Å². The first kappa shape index (κ1) is 15.0. The van der Waals surface area contributed by atoms with E-state index >= 15 is 0 Å². The fourth-order valence-electron chi connectivity index (χ4n) is 2.26. The second-order valence-corrected chi connectivity index (χ2v) is 4.88. The number of hydrogen-bond donors (Lipinski definition) is 2. The molecule has 3 aromatic rings. The minimum Gasteiger partial charge on any atom is -0.404 e. The molecular formula is C16H11F3N2O2. The Labute approximate surface area is 128 Å². The van der Waals surface area contributed by atoms with Crippen molar-refractivity contribution < 1.29 is 17.6 Å². The summed E-state index contributed by atoms with van der Waals surface area (Å²) in [6.07, 6.45) is -4.45. The highest BCUT2D eigenvalue weighted by Crippen LogP contribution is 2.34. The van der Waals surface area contributed by atoms with E-state index in [1.54, 1.807) is 24.3 Å². The topological polar surface area (TPSA) is 68.3 Å². The van der Waals surface area contributed by atoms with Crippen molar-refractivity contribution in [3.05, 3.63) is 64.5 Å². The normalized spacial score (nSPS) is 11.6. The molecule has 0 aliphatic carbocycles. The van der Waals surface area contributed by atoms with E-state index in [1.165, 1.54) is 12.1 Å². The molecule has 3 N–H and O–H groups in total. The van der Waals surface area contributed by atoms with Crippen molar-refractivity contribution in [2.45, 2.75) is 6.18 Å². The Morgan fingerprint density at radius 3 is 2.39 bits per heavy atom. The van der Waals surface area contributed by atoms with Crippen LogP contribution < -0.4 is 16.7 Å². The molecule has 118 valence electrons. The smallest absolute Gasteiger partial charge is 0.404 e. The fraction of sp³-hybridized carbons (Fsp3) is 0.0625. The average molecular weight is 320 g/mol. The Kier molecular flexibility index (Phi) is 3.48. The van der Waals surface area contributed by atoms with Crippen LogP contribution in [-0.2, 0) is 6.18 Å². The van der Waals surface area contributed by atoms with Gasteiger partial charge in [0.1, 0.15) is 5.69 Å². The van der Waals surface area contributed by atoms with Crippen LogP contribution in [0.15, 0.2) is 57.7 Å². The molecule has 7 heteroatoms. The summed E-state index contributed by atoms with van der Waals surface area (Å²) >= 11 is 0. The first-order chi connectivity index (χ1) is 10.9. The molecule has 3 rings (SSSR count). The molecule has 2 aromatic carbocycles. The third kappa shape index (κ3) is 2.85. The Hall–Kier alpha value is -2.96. The minimum atomic E-state index is -4.45. The van der Waals surface area contributed by atoms with E-state index in [9.17, 15) is 18.0 Å². The van der Waals surface area contributed by atoms with Crippen LogP contribution in [0.5, 0.6) is 0 Å². The van der Waals surface area contributed by atoms with Crippen LogP contribution in [0.3, 0.4) is 0 Å². The molecule has 0 amide bonds. The maximum absolute atomic E-state index is 12.8. The zero-order valence-corrected chi connectivity index (χ0v) is 11.6. The van der Waals surface area contributed by atoms with E-state index in [0.29, 0.717) is 5.39 Å². The van der Waals surface area contributed by atoms with Crippen LogP contribution in [0, 0.1) is 0 Å². The number of nitrogens with one attached hydrogen (secondary N) is 1. The molecule has 1 aromatic heterocycles. The molecular weight excluding hydrogens is 309 g/mol. The molecule has 4 nitrogen and oxygen atoms in total. The Morgan fingerprint density at radius 1 is 1.00 bits per heavy atom. The number of benzene rings is 2. The van der Waals surface area contributed by atoms with Gasteiger partial charge in [0, 0.05) is 11.1 Å². The highest BCUT2D eigenvalue weighted by atomic mass is 19.4. The molecule has 23 heavy (non-hydrogen) atoms. The number of halogens is 3. The van der Waals surface area contributed by atoms with Crippen LogP contribution in [-0.4, -0.2) is 0 Å². The van der Waals surface area contributed by atoms with Gasteiger partial charge in [-0.05, 0) is 24.3 Å². The second-order valence-electron chi connectivity index (χ2n) is 4.88. The zero-order valence-electron chi connectivity index (χ0n) is 11.6. The second kappa shape index (κ2) is 5.35. The number of nitrogens with two attached hydrogens (primary N) is 1. The highest BCUT2D eigenvalue weighted by molar-refractivity contribution is 5.98. The number of rotatable bonds is 2. The average Bonchev–Trinajstić information content (AvgIpc) is 2.51. The molecule has 0 radical (unpaired) electrons. The SMILES string of the molecule is Nc1oc(=O)c2ccccc2c1Nc1cccc(C(F)(F)F)c1. The fourth-order valence-corrected chi connectivity index (χ4v) is 2.26. The lowest BCUT2D eigenvalue weighted by molar-refractivity contribution is -0.137. The largest absolute Gasteiger partial charge is 0.416 e. The monoisotopic (exact) mass is 320 g/mol. The van der Waals surface area contributed by atoms with E-state index < -0.39 is 17.4 Å². The van der Waals surface area contributed by atoms with E-state index in [-0.39, 0.29) is 22.6 Å². The summed E-state index contributed by atoms with van der Waals surface area (Å²) < 4.78 is 43.3. The molecule has 0 atom stereocenters. The molecule has 0 spiro atoms. The third-order valence-electron chi connectivity index (χ3n) is 3.32. The Balaban J connectivity index is 2.11. The van der Waals surface area contributed by atoms with Crippen LogP contribution in [0.4, 0.5) is 30.4 Å². The van der Waals surface area contributed by atoms with Crippen molar-refractivity contribution in [3.8, 4) is 0 Å². The maximum Gasteiger partial charge on any atom is 0.416 e. The van der Waals surface area contributed by atoms with Gasteiger partial charge in [-0.15, -0.1) is 0 Å². The molecule has 0 bridgehead atoms. The van der Waals surface area contributed by atoms with Crippen molar-refractivity contribution in [2.24, 2.45) is 0 Å². The molecule has 0 fully saturated rings. The van der Waals surface area contributed by atoms with Gasteiger partial charge in [-0.2, -0.15) is 13.2 Å². The van der Waals surface area contributed by atoms with Gasteiger partial charge < -0.3 is 15.5 Å². The standard InChI is InChI=1S/C16H11F3N2O2/c17-16(18,19)9-4-3-5-10(8-9)21-13-11-6-1-2-7-12(11)15(22)23-14(13)20/h1-8,21H,20H2. The summed E-state index contributed by atoms with van der Waals surface area (Å²) in [5.41, 5.74) is 4.75. The zero-order chi connectivity index (χ0) is 16.6. The summed E-state index contributed by atoms with van der Waals surface area (Å²) in [5.74, 6) is -0.189. The third-order valence-corrected chi connectivity index (χ3v) is 3.32. The van der Waals surface area contributed by atoms with Crippen molar-refractivity contribution in [1.29, 1.82) is 0 Å². The molecule has 1 heterocycles. The molecule has 0 aliphatic heterocycles. The van der Waals surface area contributed by atoms with Gasteiger partial charge in [-0.3, -0.25) is 0 Å². The predicted molar refractivity (Wildman–Crippen MR) is 81.6 cm³/mol. The number of fused-ring (bicyclic) bond motifs is 1. The lowest BCUT2D eigenvalue weighted by Crippen LogP contribution is -2.08. The maximum atomic E-state index is 12.8.